The van der Waals surface area contributed by atoms with E-state index >= 15 is 0 Å². The van der Waals surface area contributed by atoms with Crippen molar-refractivity contribution in [1.29, 1.82) is 0 Å². The molecule has 1 aliphatic heterocycles. The smallest absolute Gasteiger partial charge is 0.368 e. The molecule has 1 saturated heterocycles. The first-order valence-electron chi connectivity index (χ1n) is 12.2. The van der Waals surface area contributed by atoms with E-state index in [4.69, 9.17) is 28.4 Å². The highest BCUT2D eigenvalue weighted by atomic mass is 31.1. The third-order valence-electron chi connectivity index (χ3n) is 6.07. The van der Waals surface area contributed by atoms with E-state index in [9.17, 15) is 9.67 Å². The first-order chi connectivity index (χ1) is 18.1. The summed E-state index contributed by atoms with van der Waals surface area (Å²) in [4.78, 5) is 9.06. The average Bonchev–Trinajstić information content (AvgIpc) is 2.92. The lowest BCUT2D eigenvalue weighted by atomic mass is 9.96. The summed E-state index contributed by atoms with van der Waals surface area (Å²) in [5.41, 5.74) is 2.87. The van der Waals surface area contributed by atoms with E-state index in [-0.39, 0.29) is 32.8 Å². The fourth-order valence-corrected chi connectivity index (χ4v) is 4.50. The van der Waals surface area contributed by atoms with Gasteiger partial charge in [-0.3, -0.25) is 0 Å². The van der Waals surface area contributed by atoms with Gasteiger partial charge in [0.1, 0.15) is 24.9 Å². The quantitative estimate of drug-likeness (QED) is 0.313. The molecule has 0 aromatic heterocycles. The van der Waals surface area contributed by atoms with Gasteiger partial charge in [-0.05, 0) is 16.7 Å². The van der Waals surface area contributed by atoms with Gasteiger partial charge in [0.2, 0.25) is 0 Å². The molecular weight excluding hydrogens is 495 g/mol. The molecule has 1 fully saturated rings. The molecule has 9 heteroatoms. The van der Waals surface area contributed by atoms with E-state index in [0.29, 0.717) is 0 Å². The van der Waals surface area contributed by atoms with Crippen LogP contribution in [-0.4, -0.2) is 47.3 Å². The highest BCUT2D eigenvalue weighted by Crippen LogP contribution is 2.31. The van der Waals surface area contributed by atoms with Gasteiger partial charge in [-0.25, -0.2) is 0 Å². The van der Waals surface area contributed by atoms with E-state index in [1.165, 1.54) is 0 Å². The van der Waals surface area contributed by atoms with Crippen molar-refractivity contribution in [3.8, 4) is 0 Å². The molecule has 3 aromatic rings. The van der Waals surface area contributed by atoms with E-state index in [2.05, 4.69) is 0 Å². The van der Waals surface area contributed by atoms with Crippen LogP contribution in [0.2, 0.25) is 0 Å². The SMILES string of the molecule is O=[P+](O)OCC[C@H]1O[C@H](O)[C@@H](OCc2ccccc2)[C@@H](OCc2ccccc2)[C@@H]1OCc1ccccc1. The molecule has 196 valence electrons. The van der Waals surface area contributed by atoms with Crippen molar-refractivity contribution in [3.63, 3.8) is 0 Å². The lowest BCUT2D eigenvalue weighted by molar-refractivity contribution is -0.312. The number of benzene rings is 3. The molecule has 0 saturated carbocycles. The van der Waals surface area contributed by atoms with Gasteiger partial charge in [0.15, 0.2) is 6.29 Å². The predicted molar refractivity (Wildman–Crippen MR) is 136 cm³/mol. The van der Waals surface area contributed by atoms with Crippen LogP contribution in [0.5, 0.6) is 0 Å². The van der Waals surface area contributed by atoms with Gasteiger partial charge >= 0.3 is 8.25 Å². The van der Waals surface area contributed by atoms with Crippen molar-refractivity contribution < 1.29 is 38.0 Å². The second-order valence-corrected chi connectivity index (χ2v) is 9.44. The van der Waals surface area contributed by atoms with E-state index in [1.54, 1.807) is 0 Å². The first kappa shape index (κ1) is 27.5. The Kier molecular flexibility index (Phi) is 10.7. The molecule has 4 rings (SSSR count). The van der Waals surface area contributed by atoms with Crippen molar-refractivity contribution in [2.24, 2.45) is 0 Å². The van der Waals surface area contributed by atoms with Crippen LogP contribution >= 0.6 is 8.25 Å². The van der Waals surface area contributed by atoms with Gasteiger partial charge < -0.3 is 24.1 Å². The lowest BCUT2D eigenvalue weighted by Crippen LogP contribution is -2.60. The van der Waals surface area contributed by atoms with Crippen LogP contribution in [-0.2, 0) is 47.9 Å². The largest absolute Gasteiger partial charge is 0.694 e. The second kappa shape index (κ2) is 14.4. The Hall–Kier alpha value is -2.52. The average molecular weight is 528 g/mol. The molecule has 3 aromatic carbocycles. The van der Waals surface area contributed by atoms with Gasteiger partial charge in [0, 0.05) is 11.0 Å². The van der Waals surface area contributed by atoms with Crippen LogP contribution in [0.3, 0.4) is 0 Å². The molecule has 6 atom stereocenters. The normalized spacial score (nSPS) is 24.1. The Bertz CT molecular complexity index is 1070. The molecule has 0 radical (unpaired) electrons. The van der Waals surface area contributed by atoms with Crippen molar-refractivity contribution in [2.45, 2.75) is 56.9 Å². The predicted octanol–water partition coefficient (Wildman–Crippen LogP) is 4.52. The van der Waals surface area contributed by atoms with Gasteiger partial charge in [-0.15, -0.1) is 9.42 Å². The maximum absolute atomic E-state index is 11.1. The third-order valence-corrected chi connectivity index (χ3v) is 6.47. The van der Waals surface area contributed by atoms with Crippen LogP contribution in [0.25, 0.3) is 0 Å². The third kappa shape index (κ3) is 8.50. The standard InChI is InChI=1S/C28H31O8P/c29-28-27(34-20-23-14-8-3-9-15-23)26(33-19-22-12-6-2-7-13-22)25(24(36-28)16-17-35-37(30)31)32-18-21-10-4-1-5-11-21/h1-15,24-29H,16-20H2/p+1/t24-,25-,26+,27+,28+/m1/s1. The van der Waals surface area contributed by atoms with Crippen molar-refractivity contribution in [2.75, 3.05) is 6.61 Å². The topological polar surface area (TPSA) is 104 Å². The molecule has 1 heterocycles. The summed E-state index contributed by atoms with van der Waals surface area (Å²) >= 11 is 0. The molecule has 8 nitrogen and oxygen atoms in total. The van der Waals surface area contributed by atoms with Crippen molar-refractivity contribution >= 4 is 8.25 Å². The van der Waals surface area contributed by atoms with E-state index < -0.39 is 39.0 Å². The monoisotopic (exact) mass is 527 g/mol. The molecule has 0 amide bonds. The first-order valence-corrected chi connectivity index (χ1v) is 13.3. The fourth-order valence-electron chi connectivity index (χ4n) is 4.24. The number of ether oxygens (including phenoxy) is 4. The molecular formula is C28H32O8P+. The summed E-state index contributed by atoms with van der Waals surface area (Å²) in [5.74, 6) is 0. The zero-order valence-corrected chi connectivity index (χ0v) is 21.3. The molecule has 0 aliphatic carbocycles. The summed E-state index contributed by atoms with van der Waals surface area (Å²) in [7, 11) is -2.75. The molecule has 1 aliphatic rings. The van der Waals surface area contributed by atoms with Crippen LogP contribution in [0.4, 0.5) is 0 Å². The number of aliphatic hydroxyl groups is 1. The maximum Gasteiger partial charge on any atom is 0.694 e. The minimum atomic E-state index is -2.75. The molecule has 0 spiro atoms. The fraction of sp³-hybridized carbons (Fsp3) is 0.357. The zero-order chi connectivity index (χ0) is 25.9. The van der Waals surface area contributed by atoms with Crippen LogP contribution in [0, 0.1) is 0 Å². The number of hydrogen-bond donors (Lipinski definition) is 2. The van der Waals surface area contributed by atoms with Gasteiger partial charge in [-0.1, -0.05) is 91.0 Å². The highest BCUT2D eigenvalue weighted by Gasteiger charge is 2.48. The maximum atomic E-state index is 11.1. The number of rotatable bonds is 13. The van der Waals surface area contributed by atoms with Gasteiger partial charge in [0.05, 0.1) is 25.9 Å². The molecule has 1 unspecified atom stereocenters. The van der Waals surface area contributed by atoms with Crippen molar-refractivity contribution in [1.82, 2.24) is 0 Å². The van der Waals surface area contributed by atoms with Gasteiger partial charge in [0.25, 0.3) is 0 Å². The molecule has 2 N–H and O–H groups in total. The van der Waals surface area contributed by atoms with Crippen LogP contribution < -0.4 is 0 Å². The lowest BCUT2D eigenvalue weighted by Gasteiger charge is -2.44. The Morgan fingerprint density at radius 3 is 1.57 bits per heavy atom. The summed E-state index contributed by atoms with van der Waals surface area (Å²) in [6.07, 6.45) is -3.91. The summed E-state index contributed by atoms with van der Waals surface area (Å²) in [6, 6.07) is 29.0. The Morgan fingerprint density at radius 2 is 1.11 bits per heavy atom. The van der Waals surface area contributed by atoms with E-state index in [1.807, 2.05) is 91.0 Å². The molecule has 37 heavy (non-hydrogen) atoms. The summed E-state index contributed by atoms with van der Waals surface area (Å²) < 4.78 is 40.7. The zero-order valence-electron chi connectivity index (χ0n) is 20.4. The molecule has 0 bridgehead atoms. The van der Waals surface area contributed by atoms with Crippen molar-refractivity contribution in [3.05, 3.63) is 108 Å². The van der Waals surface area contributed by atoms with Crippen LogP contribution in [0.1, 0.15) is 23.1 Å². The van der Waals surface area contributed by atoms with E-state index in [0.717, 1.165) is 16.7 Å². The number of aliphatic hydroxyl groups excluding tert-OH is 1. The summed E-state index contributed by atoms with van der Waals surface area (Å²) in [6.45, 7) is 0.768. The Balaban J connectivity index is 1.56. The second-order valence-electron chi connectivity index (χ2n) is 8.71. The highest BCUT2D eigenvalue weighted by molar-refractivity contribution is 7.32. The number of hydrogen-bond acceptors (Lipinski definition) is 7. The minimum Gasteiger partial charge on any atom is -0.368 e. The Morgan fingerprint density at radius 1 is 0.676 bits per heavy atom. The Labute approximate surface area is 217 Å². The van der Waals surface area contributed by atoms with Crippen LogP contribution in [0.15, 0.2) is 91.0 Å². The summed E-state index contributed by atoms with van der Waals surface area (Å²) in [5, 5.41) is 11.0. The van der Waals surface area contributed by atoms with Gasteiger partial charge in [-0.2, -0.15) is 0 Å². The minimum absolute atomic E-state index is 0.0464.